The van der Waals surface area contributed by atoms with Crippen LogP contribution < -0.4 is 14.8 Å². The van der Waals surface area contributed by atoms with E-state index in [1.165, 1.54) is 12.1 Å². The van der Waals surface area contributed by atoms with Crippen LogP contribution in [0.2, 0.25) is 0 Å². The first-order chi connectivity index (χ1) is 18.6. The third-order valence-corrected chi connectivity index (χ3v) is 7.52. The maximum absolute atomic E-state index is 13.2. The van der Waals surface area contributed by atoms with Crippen LogP contribution in [0.1, 0.15) is 29.2 Å². The van der Waals surface area contributed by atoms with E-state index in [4.69, 9.17) is 9.47 Å². The van der Waals surface area contributed by atoms with Gasteiger partial charge in [-0.2, -0.15) is 0 Å². The Kier molecular flexibility index (Phi) is 9.08. The molecule has 1 fully saturated rings. The molecule has 3 amide bonds. The molecule has 3 aromatic rings. The molecule has 0 atom stereocenters. The molecule has 0 radical (unpaired) electrons. The summed E-state index contributed by atoms with van der Waals surface area (Å²) < 4.78 is 25.4. The van der Waals surface area contributed by atoms with E-state index in [0.29, 0.717) is 33.8 Å². The number of ether oxygens (including phenoxy) is 2. The second-order valence-corrected chi connectivity index (χ2v) is 10.6. The van der Waals surface area contributed by atoms with Gasteiger partial charge in [-0.1, -0.05) is 34.1 Å². The Morgan fingerprint density at radius 1 is 1.03 bits per heavy atom. The summed E-state index contributed by atoms with van der Waals surface area (Å²) in [5, 5.41) is 2.21. The Balaban J connectivity index is 1.48. The van der Waals surface area contributed by atoms with Crippen LogP contribution in [0.5, 0.6) is 11.5 Å². The van der Waals surface area contributed by atoms with E-state index < -0.39 is 23.6 Å². The fourth-order valence-electron chi connectivity index (χ4n) is 3.73. The minimum Gasteiger partial charge on any atom is -0.490 e. The fourth-order valence-corrected chi connectivity index (χ4v) is 4.99. The molecule has 1 heterocycles. The lowest BCUT2D eigenvalue weighted by Gasteiger charge is -2.14. The van der Waals surface area contributed by atoms with E-state index in [2.05, 4.69) is 21.2 Å². The number of carbonyl (C=O) groups excluding carboxylic acids is 3. The van der Waals surface area contributed by atoms with Gasteiger partial charge >= 0.3 is 0 Å². The second-order valence-electron chi connectivity index (χ2n) is 8.78. The first kappa shape index (κ1) is 28.4. The van der Waals surface area contributed by atoms with Crippen LogP contribution >= 0.6 is 27.7 Å². The minimum absolute atomic E-state index is 0.183. The second kappa shape index (κ2) is 12.5. The lowest BCUT2D eigenvalue weighted by Crippen LogP contribution is -2.36. The van der Waals surface area contributed by atoms with Gasteiger partial charge < -0.3 is 14.8 Å². The number of aryl methyl sites for hydroxylation is 2. The summed E-state index contributed by atoms with van der Waals surface area (Å²) in [6.07, 6.45) is 1.57. The average molecular weight is 614 g/mol. The number of nitrogens with zero attached hydrogens (tertiary/aromatic N) is 1. The average Bonchev–Trinajstić information content (AvgIpc) is 3.15. The quantitative estimate of drug-likeness (QED) is 0.266. The number of hydrogen-bond donors (Lipinski definition) is 1. The van der Waals surface area contributed by atoms with E-state index in [9.17, 15) is 18.8 Å². The molecule has 1 aliphatic rings. The summed E-state index contributed by atoms with van der Waals surface area (Å²) in [7, 11) is 0. The molecule has 0 aromatic heterocycles. The number of imide groups is 1. The number of rotatable bonds is 9. The van der Waals surface area contributed by atoms with Gasteiger partial charge in [0.15, 0.2) is 11.5 Å². The highest BCUT2D eigenvalue weighted by atomic mass is 79.9. The number of carbonyl (C=O) groups is 3. The largest absolute Gasteiger partial charge is 0.490 e. The number of halogens is 2. The third-order valence-electron chi connectivity index (χ3n) is 5.92. The molecule has 10 heteroatoms. The normalized spacial score (nSPS) is 14.2. The minimum atomic E-state index is -0.554. The van der Waals surface area contributed by atoms with Crippen LogP contribution in [0.3, 0.4) is 0 Å². The Labute approximate surface area is 238 Å². The van der Waals surface area contributed by atoms with Gasteiger partial charge in [-0.3, -0.25) is 19.3 Å². The first-order valence-corrected chi connectivity index (χ1v) is 13.7. The number of anilines is 1. The van der Waals surface area contributed by atoms with Crippen molar-refractivity contribution in [2.75, 3.05) is 18.5 Å². The van der Waals surface area contributed by atoms with E-state index in [1.807, 2.05) is 32.9 Å². The molecule has 0 saturated carbocycles. The summed E-state index contributed by atoms with van der Waals surface area (Å²) in [6, 6.07) is 14.9. The molecule has 0 bridgehead atoms. The van der Waals surface area contributed by atoms with Crippen LogP contribution in [-0.4, -0.2) is 35.1 Å². The van der Waals surface area contributed by atoms with E-state index in [1.54, 1.807) is 36.4 Å². The van der Waals surface area contributed by atoms with E-state index >= 15 is 0 Å². The highest BCUT2D eigenvalue weighted by Gasteiger charge is 2.36. The van der Waals surface area contributed by atoms with Crippen LogP contribution in [0.25, 0.3) is 6.08 Å². The summed E-state index contributed by atoms with van der Waals surface area (Å²) in [5.41, 5.74) is 4.09. The summed E-state index contributed by atoms with van der Waals surface area (Å²) in [6.45, 7) is 5.93. The van der Waals surface area contributed by atoms with Gasteiger partial charge in [0.25, 0.3) is 11.1 Å². The zero-order valence-electron chi connectivity index (χ0n) is 21.5. The van der Waals surface area contributed by atoms with Crippen molar-refractivity contribution in [3.8, 4) is 11.5 Å². The smallest absolute Gasteiger partial charge is 0.294 e. The van der Waals surface area contributed by atoms with Crippen LogP contribution in [-0.2, 0) is 16.2 Å². The molecular formula is C29H26BrFN2O5S. The van der Waals surface area contributed by atoms with Crippen LogP contribution in [0.15, 0.2) is 64.0 Å². The van der Waals surface area contributed by atoms with Gasteiger partial charge in [0.1, 0.15) is 19.0 Å². The topological polar surface area (TPSA) is 84.9 Å². The van der Waals surface area contributed by atoms with Gasteiger partial charge in [0, 0.05) is 10.2 Å². The Morgan fingerprint density at radius 3 is 2.44 bits per heavy atom. The molecular weight excluding hydrogens is 587 g/mol. The van der Waals surface area contributed by atoms with Crippen molar-refractivity contribution >= 4 is 56.5 Å². The van der Waals surface area contributed by atoms with E-state index in [0.717, 1.165) is 33.4 Å². The molecule has 0 spiro atoms. The lowest BCUT2D eigenvalue weighted by atomic mass is 10.1. The van der Waals surface area contributed by atoms with Crippen LogP contribution in [0.4, 0.5) is 14.9 Å². The molecule has 202 valence electrons. The molecule has 7 nitrogen and oxygen atoms in total. The summed E-state index contributed by atoms with van der Waals surface area (Å²) in [4.78, 5) is 39.3. The molecule has 1 saturated heterocycles. The van der Waals surface area contributed by atoms with Crippen molar-refractivity contribution in [2.45, 2.75) is 27.4 Å². The first-order valence-electron chi connectivity index (χ1n) is 12.1. The summed E-state index contributed by atoms with van der Waals surface area (Å²) in [5.74, 6) is -0.444. The fraction of sp³-hybridized carbons (Fsp3) is 0.207. The molecule has 39 heavy (non-hydrogen) atoms. The van der Waals surface area contributed by atoms with Gasteiger partial charge in [0.2, 0.25) is 5.91 Å². The van der Waals surface area contributed by atoms with Crippen molar-refractivity contribution < 1.29 is 28.2 Å². The monoisotopic (exact) mass is 612 g/mol. The van der Waals surface area contributed by atoms with Crippen molar-refractivity contribution in [3.63, 3.8) is 0 Å². The maximum Gasteiger partial charge on any atom is 0.294 e. The van der Waals surface area contributed by atoms with Gasteiger partial charge in [-0.15, -0.1) is 0 Å². The van der Waals surface area contributed by atoms with Gasteiger partial charge in [-0.05, 0) is 97.3 Å². The standard InChI is InChI=1S/C29H26BrFN2O5S/c1-4-37-24-12-20(23(30)14-25(24)38-16-19-6-8-21(31)9-7-19)13-26-28(35)33(29(36)39-26)15-27(34)32-22-10-5-17(2)18(3)11-22/h5-14H,4,15-16H2,1-3H3,(H,32,34)/b26-13+. The SMILES string of the molecule is CCOc1cc(/C=C2/SC(=O)N(CC(=O)Nc3ccc(C)c(C)c3)C2=O)c(Br)cc1OCc1ccc(F)cc1. The molecule has 1 aliphatic heterocycles. The number of nitrogens with one attached hydrogen (secondary N) is 1. The lowest BCUT2D eigenvalue weighted by molar-refractivity contribution is -0.127. The van der Waals surface area contributed by atoms with Crippen molar-refractivity contribution in [1.82, 2.24) is 4.90 Å². The zero-order valence-corrected chi connectivity index (χ0v) is 23.9. The zero-order chi connectivity index (χ0) is 28.1. The molecule has 1 N–H and O–H groups in total. The maximum atomic E-state index is 13.2. The van der Waals surface area contributed by atoms with Gasteiger partial charge in [0.05, 0.1) is 11.5 Å². The molecule has 0 unspecified atom stereocenters. The molecule has 3 aromatic carbocycles. The number of benzene rings is 3. The predicted molar refractivity (Wildman–Crippen MR) is 153 cm³/mol. The Morgan fingerprint density at radius 2 is 1.74 bits per heavy atom. The van der Waals surface area contributed by atoms with Crippen molar-refractivity contribution in [2.24, 2.45) is 0 Å². The number of amides is 3. The van der Waals surface area contributed by atoms with E-state index in [-0.39, 0.29) is 17.3 Å². The highest BCUT2D eigenvalue weighted by Crippen LogP contribution is 2.38. The molecule has 0 aliphatic carbocycles. The van der Waals surface area contributed by atoms with Crippen LogP contribution in [0, 0.1) is 19.7 Å². The molecule has 4 rings (SSSR count). The Hall–Kier alpha value is -3.63. The summed E-state index contributed by atoms with van der Waals surface area (Å²) >= 11 is 4.27. The van der Waals surface area contributed by atoms with Crippen molar-refractivity contribution in [1.29, 1.82) is 0 Å². The van der Waals surface area contributed by atoms with Gasteiger partial charge in [-0.25, -0.2) is 4.39 Å². The predicted octanol–water partition coefficient (Wildman–Crippen LogP) is 6.86. The Bertz CT molecular complexity index is 1460. The highest BCUT2D eigenvalue weighted by molar-refractivity contribution is 9.10. The third kappa shape index (κ3) is 7.07. The number of thioether (sulfide) groups is 1. The number of hydrogen-bond acceptors (Lipinski definition) is 6. The van der Waals surface area contributed by atoms with Crippen molar-refractivity contribution in [3.05, 3.63) is 92.0 Å².